The van der Waals surface area contributed by atoms with Gasteiger partial charge in [0.1, 0.15) is 18.5 Å². The molecule has 1 aliphatic carbocycles. The van der Waals surface area contributed by atoms with Gasteiger partial charge < -0.3 is 9.84 Å². The zero-order valence-corrected chi connectivity index (χ0v) is 21.4. The maximum absolute atomic E-state index is 12.8. The highest BCUT2D eigenvalue weighted by Crippen LogP contribution is 2.35. The third-order valence-electron chi connectivity index (χ3n) is 6.57. The second-order valence-corrected chi connectivity index (χ2v) is 9.72. The van der Waals surface area contributed by atoms with Crippen LogP contribution in [0.15, 0.2) is 76.6 Å². The Balaban J connectivity index is 1.95. The van der Waals surface area contributed by atoms with Gasteiger partial charge in [-0.3, -0.25) is 4.79 Å². The van der Waals surface area contributed by atoms with Gasteiger partial charge in [-0.15, -0.1) is 0 Å². The third-order valence-corrected chi connectivity index (χ3v) is 6.57. The number of carbonyl (C=O) groups is 1. The molecule has 0 spiro atoms. The van der Waals surface area contributed by atoms with Crippen LogP contribution in [-0.4, -0.2) is 17.0 Å². The number of benzene rings is 1. The number of allylic oxidation sites excluding steroid dienone is 7. The number of ketones is 1. The Morgan fingerprint density at radius 3 is 2.21 bits per heavy atom. The zero-order chi connectivity index (χ0) is 24.4. The zero-order valence-electron chi connectivity index (χ0n) is 21.4. The summed E-state index contributed by atoms with van der Waals surface area (Å²) in [5, 5.41) is 11.1. The first-order chi connectivity index (χ1) is 15.7. The number of ether oxygens (including phenoxy) is 1. The normalized spacial score (nSPS) is 21.9. The second kappa shape index (κ2) is 13.3. The molecule has 0 bridgehead atoms. The Labute approximate surface area is 200 Å². The highest BCUT2D eigenvalue weighted by Gasteiger charge is 2.39. The number of hydrogen-bond acceptors (Lipinski definition) is 3. The monoisotopic (exact) mass is 450 g/mol. The molecule has 3 heteroatoms. The summed E-state index contributed by atoms with van der Waals surface area (Å²) >= 11 is 0. The van der Waals surface area contributed by atoms with Crippen LogP contribution < -0.4 is 0 Å². The van der Waals surface area contributed by atoms with E-state index in [0.717, 1.165) is 31.2 Å². The summed E-state index contributed by atoms with van der Waals surface area (Å²) in [6, 6.07) is 9.84. The minimum Gasteiger partial charge on any atom is -0.490 e. The summed E-state index contributed by atoms with van der Waals surface area (Å²) in [6.45, 7) is 12.7. The Kier molecular flexibility index (Phi) is 10.9. The third kappa shape index (κ3) is 8.47. The summed E-state index contributed by atoms with van der Waals surface area (Å²) in [6.07, 6.45) is 11.0. The van der Waals surface area contributed by atoms with Crippen LogP contribution in [0, 0.1) is 11.8 Å². The van der Waals surface area contributed by atoms with E-state index >= 15 is 0 Å². The van der Waals surface area contributed by atoms with E-state index in [2.05, 4.69) is 45.9 Å². The molecule has 3 atom stereocenters. The molecular formula is C30H42O3. The molecule has 0 fully saturated rings. The van der Waals surface area contributed by atoms with E-state index in [1.54, 1.807) is 6.92 Å². The smallest absolute Gasteiger partial charge is 0.165 e. The van der Waals surface area contributed by atoms with Gasteiger partial charge in [-0.05, 0) is 72.3 Å². The largest absolute Gasteiger partial charge is 0.490 e. The molecule has 1 N–H and O–H groups in total. The van der Waals surface area contributed by atoms with Crippen molar-refractivity contribution in [1.29, 1.82) is 0 Å². The Hall–Kier alpha value is -2.39. The van der Waals surface area contributed by atoms with Crippen LogP contribution >= 0.6 is 0 Å². The maximum atomic E-state index is 12.8. The molecule has 0 saturated heterocycles. The number of aliphatic hydroxyl groups is 1. The van der Waals surface area contributed by atoms with Crippen LogP contribution in [0.5, 0.6) is 0 Å². The Morgan fingerprint density at radius 2 is 1.58 bits per heavy atom. The Morgan fingerprint density at radius 1 is 0.970 bits per heavy atom. The maximum Gasteiger partial charge on any atom is 0.165 e. The fourth-order valence-electron chi connectivity index (χ4n) is 4.29. The lowest BCUT2D eigenvalue weighted by molar-refractivity contribution is -0.124. The summed E-state index contributed by atoms with van der Waals surface area (Å²) in [5.41, 5.74) is 5.68. The van der Waals surface area contributed by atoms with Gasteiger partial charge in [0.05, 0.1) is 0 Å². The molecular weight excluding hydrogens is 408 g/mol. The van der Waals surface area contributed by atoms with E-state index in [0.29, 0.717) is 24.4 Å². The first-order valence-corrected chi connectivity index (χ1v) is 12.2. The molecule has 0 aliphatic heterocycles. The lowest BCUT2D eigenvalue weighted by atomic mass is 9.75. The summed E-state index contributed by atoms with van der Waals surface area (Å²) in [4.78, 5) is 12.8. The minimum atomic E-state index is -0.761. The average Bonchev–Trinajstić information content (AvgIpc) is 2.78. The first-order valence-electron chi connectivity index (χ1n) is 12.2. The van der Waals surface area contributed by atoms with Crippen molar-refractivity contribution in [3.05, 3.63) is 82.2 Å². The molecule has 3 unspecified atom stereocenters. The SMILES string of the molecule is CC(C)=CCC/C(C)=C/CC/C(C)=C/CC1C(C)C(=O)C(C)=C(OCc2ccccc2)C1O. The molecule has 1 aromatic rings. The molecule has 1 aliphatic rings. The van der Waals surface area contributed by atoms with E-state index < -0.39 is 6.10 Å². The molecule has 2 rings (SSSR count). The van der Waals surface area contributed by atoms with Crippen molar-refractivity contribution in [2.45, 2.75) is 86.4 Å². The number of hydrogen-bond donors (Lipinski definition) is 1. The van der Waals surface area contributed by atoms with Crippen LogP contribution in [-0.2, 0) is 16.1 Å². The molecule has 180 valence electrons. The predicted molar refractivity (Wildman–Crippen MR) is 138 cm³/mol. The lowest BCUT2D eigenvalue weighted by Gasteiger charge is -2.34. The molecule has 0 heterocycles. The van der Waals surface area contributed by atoms with Gasteiger partial charge in [0, 0.05) is 17.4 Å². The van der Waals surface area contributed by atoms with E-state index in [1.807, 2.05) is 37.3 Å². The lowest BCUT2D eigenvalue weighted by Crippen LogP contribution is -2.39. The molecule has 0 saturated carbocycles. The van der Waals surface area contributed by atoms with Crippen molar-refractivity contribution in [3.8, 4) is 0 Å². The number of aliphatic hydroxyl groups excluding tert-OH is 1. The van der Waals surface area contributed by atoms with Gasteiger partial charge in [0.15, 0.2) is 5.78 Å². The summed E-state index contributed by atoms with van der Waals surface area (Å²) in [7, 11) is 0. The van der Waals surface area contributed by atoms with E-state index in [9.17, 15) is 9.90 Å². The number of Topliss-reactive ketones (excluding diaryl/α,β-unsaturated/α-hetero) is 1. The van der Waals surface area contributed by atoms with Crippen molar-refractivity contribution in [2.24, 2.45) is 11.8 Å². The number of carbonyl (C=O) groups excluding carboxylic acids is 1. The van der Waals surface area contributed by atoms with Crippen molar-refractivity contribution >= 4 is 5.78 Å². The minimum absolute atomic E-state index is 0.0781. The molecule has 0 amide bonds. The fourth-order valence-corrected chi connectivity index (χ4v) is 4.29. The molecule has 0 radical (unpaired) electrons. The van der Waals surface area contributed by atoms with Crippen molar-refractivity contribution in [1.82, 2.24) is 0 Å². The van der Waals surface area contributed by atoms with Gasteiger partial charge in [-0.2, -0.15) is 0 Å². The second-order valence-electron chi connectivity index (χ2n) is 9.72. The summed E-state index contributed by atoms with van der Waals surface area (Å²) < 4.78 is 5.96. The summed E-state index contributed by atoms with van der Waals surface area (Å²) in [5.74, 6) is 0.135. The van der Waals surface area contributed by atoms with Crippen LogP contribution in [0.3, 0.4) is 0 Å². The fraction of sp³-hybridized carbons (Fsp3) is 0.500. The number of rotatable bonds is 11. The molecule has 3 nitrogen and oxygen atoms in total. The standard InChI is InChI=1S/C30H42O3/c1-21(2)12-10-13-22(3)14-11-15-23(4)18-19-27-24(5)28(31)25(6)30(29(27)32)33-20-26-16-8-7-9-17-26/h7-9,12,14,16-18,24,27,29,32H,10-11,13,15,19-20H2,1-6H3/b22-14+,23-18+. The van der Waals surface area contributed by atoms with Crippen LogP contribution in [0.2, 0.25) is 0 Å². The predicted octanol–water partition coefficient (Wildman–Crippen LogP) is 7.48. The first kappa shape index (κ1) is 26.9. The molecule has 0 aromatic heterocycles. The average molecular weight is 451 g/mol. The molecule has 33 heavy (non-hydrogen) atoms. The van der Waals surface area contributed by atoms with E-state index in [1.165, 1.54) is 16.7 Å². The van der Waals surface area contributed by atoms with Crippen LogP contribution in [0.4, 0.5) is 0 Å². The van der Waals surface area contributed by atoms with E-state index in [4.69, 9.17) is 4.74 Å². The van der Waals surface area contributed by atoms with Gasteiger partial charge in [-0.1, -0.05) is 72.2 Å². The topological polar surface area (TPSA) is 46.5 Å². The quantitative estimate of drug-likeness (QED) is 0.355. The van der Waals surface area contributed by atoms with E-state index in [-0.39, 0.29) is 17.6 Å². The van der Waals surface area contributed by atoms with Gasteiger partial charge in [0.2, 0.25) is 0 Å². The molecule has 1 aromatic carbocycles. The van der Waals surface area contributed by atoms with Gasteiger partial charge >= 0.3 is 0 Å². The van der Waals surface area contributed by atoms with Crippen molar-refractivity contribution in [2.75, 3.05) is 0 Å². The highest BCUT2D eigenvalue weighted by molar-refractivity contribution is 5.98. The highest BCUT2D eigenvalue weighted by atomic mass is 16.5. The van der Waals surface area contributed by atoms with Crippen molar-refractivity contribution in [3.63, 3.8) is 0 Å². The van der Waals surface area contributed by atoms with Gasteiger partial charge in [0.25, 0.3) is 0 Å². The Bertz CT molecular complexity index is 898. The van der Waals surface area contributed by atoms with Crippen LogP contribution in [0.25, 0.3) is 0 Å². The van der Waals surface area contributed by atoms with Gasteiger partial charge in [-0.25, -0.2) is 0 Å². The van der Waals surface area contributed by atoms with Crippen molar-refractivity contribution < 1.29 is 14.6 Å². The van der Waals surface area contributed by atoms with Crippen LogP contribution in [0.1, 0.15) is 79.2 Å².